The van der Waals surface area contributed by atoms with Crippen LogP contribution in [-0.2, 0) is 7.05 Å². The molecule has 0 spiro atoms. The van der Waals surface area contributed by atoms with Gasteiger partial charge in [-0.2, -0.15) is 0 Å². The average Bonchev–Trinajstić information content (AvgIpc) is 2.59. The number of rotatable bonds is 3. The zero-order chi connectivity index (χ0) is 16.4. The molecule has 1 heterocycles. The first-order valence-electron chi connectivity index (χ1n) is 8.24. The smallest absolute Gasteiger partial charge is 0.262 e. The van der Waals surface area contributed by atoms with Crippen LogP contribution in [-0.4, -0.2) is 10.4 Å². The highest BCUT2D eigenvalue weighted by Crippen LogP contribution is 2.24. The van der Waals surface area contributed by atoms with Gasteiger partial charge in [-0.05, 0) is 49.8 Å². The summed E-state index contributed by atoms with van der Waals surface area (Å²) in [6, 6.07) is 7.70. The number of carbonyl (C=O) groups is 1. The van der Waals surface area contributed by atoms with E-state index in [9.17, 15) is 9.59 Å². The summed E-state index contributed by atoms with van der Waals surface area (Å²) in [4.78, 5) is 25.2. The highest BCUT2D eigenvalue weighted by Gasteiger charge is 2.17. The topological polar surface area (TPSA) is 39.1 Å². The minimum atomic E-state index is -0.219. The first-order valence-corrected chi connectivity index (χ1v) is 8.24. The lowest BCUT2D eigenvalue weighted by molar-refractivity contribution is 0.104. The fourth-order valence-electron chi connectivity index (χ4n) is 3.39. The number of benzene rings is 1. The normalized spacial score (nSPS) is 16.3. The third-order valence-corrected chi connectivity index (χ3v) is 4.77. The van der Waals surface area contributed by atoms with Crippen molar-refractivity contribution < 1.29 is 4.79 Å². The lowest BCUT2D eigenvalue weighted by Gasteiger charge is -2.17. The summed E-state index contributed by atoms with van der Waals surface area (Å²) < 4.78 is 1.57. The molecule has 0 saturated heterocycles. The maximum Gasteiger partial charge on any atom is 0.262 e. The van der Waals surface area contributed by atoms with Crippen molar-refractivity contribution in [3.63, 3.8) is 0 Å². The van der Waals surface area contributed by atoms with Crippen molar-refractivity contribution in [3.05, 3.63) is 64.3 Å². The molecule has 0 N–H and O–H groups in total. The molecule has 2 aromatic rings. The molecule has 1 aromatic heterocycles. The average molecular weight is 308 g/mol. The SMILES string of the molecule is Cc1c(C(=O)/C=C/C2[CH]CCCC2)c(=O)n(C)c2ccccc12. The van der Waals surface area contributed by atoms with Gasteiger partial charge in [-0.15, -0.1) is 0 Å². The van der Waals surface area contributed by atoms with Gasteiger partial charge in [0.25, 0.3) is 5.56 Å². The van der Waals surface area contributed by atoms with Crippen LogP contribution in [0, 0.1) is 19.3 Å². The standard InChI is InChI=1S/C20H22NO2/c1-14-16-10-6-7-11-17(16)21(2)20(23)19(14)18(22)13-12-15-8-4-3-5-9-15/h6-8,10-13,15H,3-5,9H2,1-2H3/b13-12+. The van der Waals surface area contributed by atoms with Crippen LogP contribution in [0.15, 0.2) is 41.2 Å². The lowest BCUT2D eigenvalue weighted by Crippen LogP contribution is -2.25. The summed E-state index contributed by atoms with van der Waals surface area (Å²) in [6.45, 7) is 1.86. The predicted octanol–water partition coefficient (Wildman–Crippen LogP) is 3.98. The fraction of sp³-hybridized carbons (Fsp3) is 0.350. The Morgan fingerprint density at radius 2 is 2.04 bits per heavy atom. The maximum atomic E-state index is 12.6. The number of nitrogens with zero attached hydrogens (tertiary/aromatic N) is 1. The van der Waals surface area contributed by atoms with Crippen molar-refractivity contribution in [1.29, 1.82) is 0 Å². The predicted molar refractivity (Wildman–Crippen MR) is 93.7 cm³/mol. The summed E-state index contributed by atoms with van der Waals surface area (Å²) in [7, 11) is 1.72. The molecule has 0 aliphatic heterocycles. The summed E-state index contributed by atoms with van der Waals surface area (Å²) in [6.07, 6.45) is 10.5. The highest BCUT2D eigenvalue weighted by atomic mass is 16.1. The van der Waals surface area contributed by atoms with Gasteiger partial charge in [0.05, 0.1) is 11.1 Å². The Morgan fingerprint density at radius 1 is 1.26 bits per heavy atom. The van der Waals surface area contributed by atoms with Crippen LogP contribution < -0.4 is 5.56 Å². The summed E-state index contributed by atoms with van der Waals surface area (Å²) >= 11 is 0. The number of pyridine rings is 1. The van der Waals surface area contributed by atoms with Gasteiger partial charge in [0, 0.05) is 12.4 Å². The molecule has 1 unspecified atom stereocenters. The molecule has 3 rings (SSSR count). The number of fused-ring (bicyclic) bond motifs is 1. The molecule has 1 fully saturated rings. The van der Waals surface area contributed by atoms with Gasteiger partial charge in [-0.3, -0.25) is 9.59 Å². The number of carbonyl (C=O) groups excluding carboxylic acids is 1. The van der Waals surface area contributed by atoms with Crippen molar-refractivity contribution in [2.24, 2.45) is 13.0 Å². The van der Waals surface area contributed by atoms with Crippen molar-refractivity contribution in [3.8, 4) is 0 Å². The Hall–Kier alpha value is -2.16. The second kappa shape index (κ2) is 6.53. The number of hydrogen-bond donors (Lipinski definition) is 0. The van der Waals surface area contributed by atoms with Gasteiger partial charge in [-0.25, -0.2) is 0 Å². The summed E-state index contributed by atoms with van der Waals surface area (Å²) in [5, 5.41) is 0.954. The molecule has 119 valence electrons. The van der Waals surface area contributed by atoms with E-state index in [1.807, 2.05) is 37.3 Å². The van der Waals surface area contributed by atoms with E-state index in [4.69, 9.17) is 0 Å². The van der Waals surface area contributed by atoms with Crippen molar-refractivity contribution in [2.45, 2.75) is 32.6 Å². The molecule has 23 heavy (non-hydrogen) atoms. The summed E-state index contributed by atoms with van der Waals surface area (Å²) in [5.41, 5.74) is 1.70. The van der Waals surface area contributed by atoms with E-state index in [1.165, 1.54) is 12.8 Å². The molecule has 0 bridgehead atoms. The van der Waals surface area contributed by atoms with E-state index < -0.39 is 0 Å². The number of aromatic nitrogens is 1. The summed E-state index contributed by atoms with van der Waals surface area (Å²) in [5.74, 6) is 0.171. The Bertz CT molecular complexity index is 823. The minimum Gasteiger partial charge on any atom is -0.311 e. The van der Waals surface area contributed by atoms with Crippen LogP contribution in [0.5, 0.6) is 0 Å². The molecular formula is C20H22NO2. The van der Waals surface area contributed by atoms with Gasteiger partial charge < -0.3 is 4.57 Å². The molecule has 1 saturated carbocycles. The quantitative estimate of drug-likeness (QED) is 0.635. The third-order valence-electron chi connectivity index (χ3n) is 4.77. The number of ketones is 1. The first-order chi connectivity index (χ1) is 11.1. The van der Waals surface area contributed by atoms with E-state index in [-0.39, 0.29) is 11.3 Å². The van der Waals surface area contributed by atoms with Crippen LogP contribution in [0.2, 0.25) is 0 Å². The van der Waals surface area contributed by atoms with Crippen LogP contribution in [0.4, 0.5) is 0 Å². The zero-order valence-corrected chi connectivity index (χ0v) is 13.7. The molecule has 1 atom stereocenters. The van der Waals surface area contributed by atoms with Crippen molar-refractivity contribution >= 4 is 16.7 Å². The van der Waals surface area contributed by atoms with E-state index >= 15 is 0 Å². The monoisotopic (exact) mass is 308 g/mol. The first kappa shape index (κ1) is 15.7. The van der Waals surface area contributed by atoms with E-state index in [2.05, 4.69) is 6.42 Å². The van der Waals surface area contributed by atoms with Gasteiger partial charge in [0.2, 0.25) is 0 Å². The second-order valence-electron chi connectivity index (χ2n) is 6.29. The van der Waals surface area contributed by atoms with Gasteiger partial charge in [0.1, 0.15) is 0 Å². The molecule has 1 aliphatic rings. The van der Waals surface area contributed by atoms with Gasteiger partial charge in [-0.1, -0.05) is 37.1 Å². The molecule has 1 radical (unpaired) electrons. The van der Waals surface area contributed by atoms with Crippen LogP contribution >= 0.6 is 0 Å². The number of aryl methyl sites for hydroxylation is 2. The number of para-hydroxylation sites is 1. The Balaban J connectivity index is 2.00. The van der Waals surface area contributed by atoms with Crippen LogP contribution in [0.25, 0.3) is 10.9 Å². The van der Waals surface area contributed by atoms with Crippen molar-refractivity contribution in [2.75, 3.05) is 0 Å². The van der Waals surface area contributed by atoms with E-state index in [0.29, 0.717) is 11.5 Å². The number of allylic oxidation sites excluding steroid dienone is 2. The second-order valence-corrected chi connectivity index (χ2v) is 6.29. The molecule has 1 aliphatic carbocycles. The Morgan fingerprint density at radius 3 is 2.78 bits per heavy atom. The highest BCUT2D eigenvalue weighted by molar-refractivity contribution is 6.07. The largest absolute Gasteiger partial charge is 0.311 e. The van der Waals surface area contributed by atoms with Gasteiger partial charge in [0.15, 0.2) is 5.78 Å². The fourth-order valence-corrected chi connectivity index (χ4v) is 3.39. The lowest BCUT2D eigenvalue weighted by atomic mass is 9.88. The number of hydrogen-bond acceptors (Lipinski definition) is 2. The van der Waals surface area contributed by atoms with Crippen LogP contribution in [0.1, 0.15) is 41.6 Å². The Labute approximate surface area is 136 Å². The Kier molecular flexibility index (Phi) is 4.46. The third kappa shape index (κ3) is 3.00. The molecule has 0 amide bonds. The van der Waals surface area contributed by atoms with Crippen molar-refractivity contribution in [1.82, 2.24) is 4.57 Å². The van der Waals surface area contributed by atoms with Gasteiger partial charge >= 0.3 is 0 Å². The molecule has 3 nitrogen and oxygen atoms in total. The van der Waals surface area contributed by atoms with Crippen LogP contribution in [0.3, 0.4) is 0 Å². The molecule has 1 aromatic carbocycles. The van der Waals surface area contributed by atoms with E-state index in [1.54, 1.807) is 17.7 Å². The molecular weight excluding hydrogens is 286 g/mol. The maximum absolute atomic E-state index is 12.6. The van der Waals surface area contributed by atoms with E-state index in [0.717, 1.165) is 29.3 Å². The molecule has 3 heteroatoms. The zero-order valence-electron chi connectivity index (χ0n) is 13.7. The minimum absolute atomic E-state index is 0.187.